The van der Waals surface area contributed by atoms with Crippen LogP contribution in [0.15, 0.2) is 24.3 Å². The fraction of sp³-hybridized carbons (Fsp3) is 0.600. The van der Waals surface area contributed by atoms with Gasteiger partial charge in [0.2, 0.25) is 11.8 Å². The molecular weight excluding hydrogens is 470 g/mol. The van der Waals surface area contributed by atoms with Gasteiger partial charge in [-0.3, -0.25) is 14.4 Å². The van der Waals surface area contributed by atoms with Crippen molar-refractivity contribution in [3.05, 3.63) is 35.4 Å². The molecular formula is C25H39N3O6S. The average Bonchev–Trinajstić information content (AvgIpc) is 2.76. The summed E-state index contributed by atoms with van der Waals surface area (Å²) in [6, 6.07) is 5.46. The maximum atomic E-state index is 13.5. The zero-order chi connectivity index (χ0) is 26.6. The van der Waals surface area contributed by atoms with E-state index in [-0.39, 0.29) is 19.6 Å². The van der Waals surface area contributed by atoms with E-state index in [4.69, 9.17) is 9.47 Å². The highest BCUT2D eigenvalue weighted by molar-refractivity contribution is 7.98. The van der Waals surface area contributed by atoms with E-state index < -0.39 is 41.6 Å². The van der Waals surface area contributed by atoms with Gasteiger partial charge in [-0.25, -0.2) is 4.79 Å². The van der Waals surface area contributed by atoms with Crippen molar-refractivity contribution >= 4 is 35.6 Å². The number of aryl methyl sites for hydroxylation is 1. The quantitative estimate of drug-likeness (QED) is 0.416. The maximum Gasteiger partial charge on any atom is 0.408 e. The van der Waals surface area contributed by atoms with E-state index in [0.717, 1.165) is 5.56 Å². The molecule has 3 amide bonds. The molecule has 1 rings (SSSR count). The molecule has 196 valence electrons. The number of nitrogens with zero attached hydrogens (tertiary/aromatic N) is 1. The molecule has 0 heterocycles. The van der Waals surface area contributed by atoms with Crippen molar-refractivity contribution in [2.75, 3.05) is 32.2 Å². The number of carbonyl (C=O) groups excluding carboxylic acids is 4. The number of nitrogens with one attached hydrogen (secondary N) is 2. The minimum Gasteiger partial charge on any atom is -0.466 e. The average molecular weight is 510 g/mol. The minimum atomic E-state index is -0.955. The largest absolute Gasteiger partial charge is 0.466 e. The third-order valence-corrected chi connectivity index (χ3v) is 5.64. The van der Waals surface area contributed by atoms with E-state index in [1.807, 2.05) is 25.3 Å². The Morgan fingerprint density at radius 3 is 2.37 bits per heavy atom. The van der Waals surface area contributed by atoms with Crippen LogP contribution in [0.3, 0.4) is 0 Å². The summed E-state index contributed by atoms with van der Waals surface area (Å²) in [6.07, 6.45) is 1.60. The fourth-order valence-electron chi connectivity index (χ4n) is 3.35. The van der Waals surface area contributed by atoms with Crippen LogP contribution in [-0.4, -0.2) is 72.6 Å². The zero-order valence-electron chi connectivity index (χ0n) is 21.8. The first-order chi connectivity index (χ1) is 16.4. The summed E-state index contributed by atoms with van der Waals surface area (Å²) in [5, 5.41) is 5.40. The van der Waals surface area contributed by atoms with Crippen molar-refractivity contribution in [3.8, 4) is 0 Å². The van der Waals surface area contributed by atoms with Gasteiger partial charge in [-0.15, -0.1) is 0 Å². The van der Waals surface area contributed by atoms with Crippen LogP contribution in [0.25, 0.3) is 0 Å². The highest BCUT2D eigenvalue weighted by atomic mass is 32.2. The SMILES string of the molecule is CCOC(=O)CCNC(=O)C(c1ccccc1C)N(C)C(=O)C(CCSC)NC(=O)OC(C)(C)C. The molecule has 0 saturated carbocycles. The van der Waals surface area contributed by atoms with Gasteiger partial charge in [-0.2, -0.15) is 11.8 Å². The van der Waals surface area contributed by atoms with Crippen molar-refractivity contribution in [2.45, 2.75) is 65.1 Å². The van der Waals surface area contributed by atoms with Crippen LogP contribution in [-0.2, 0) is 23.9 Å². The number of hydrogen-bond acceptors (Lipinski definition) is 7. The van der Waals surface area contributed by atoms with Gasteiger partial charge in [-0.05, 0) is 64.2 Å². The number of esters is 1. The van der Waals surface area contributed by atoms with Crippen LogP contribution < -0.4 is 10.6 Å². The number of benzene rings is 1. The highest BCUT2D eigenvalue weighted by Crippen LogP contribution is 2.24. The Morgan fingerprint density at radius 2 is 1.80 bits per heavy atom. The van der Waals surface area contributed by atoms with E-state index >= 15 is 0 Å². The Morgan fingerprint density at radius 1 is 1.14 bits per heavy atom. The van der Waals surface area contributed by atoms with Crippen molar-refractivity contribution in [2.24, 2.45) is 0 Å². The lowest BCUT2D eigenvalue weighted by Crippen LogP contribution is -2.52. The monoisotopic (exact) mass is 509 g/mol. The van der Waals surface area contributed by atoms with Crippen molar-refractivity contribution in [3.63, 3.8) is 0 Å². The third-order valence-electron chi connectivity index (χ3n) is 5.00. The van der Waals surface area contributed by atoms with Gasteiger partial charge in [0.05, 0.1) is 13.0 Å². The number of carbonyl (C=O) groups is 4. The van der Waals surface area contributed by atoms with Crippen LogP contribution in [0.4, 0.5) is 4.79 Å². The molecule has 0 fully saturated rings. The molecule has 0 aliphatic carbocycles. The van der Waals surface area contributed by atoms with Crippen molar-refractivity contribution < 1.29 is 28.7 Å². The molecule has 1 aromatic rings. The Bertz CT molecular complexity index is 871. The molecule has 10 heteroatoms. The topological polar surface area (TPSA) is 114 Å². The number of hydrogen-bond donors (Lipinski definition) is 2. The predicted octanol–water partition coefficient (Wildman–Crippen LogP) is 3.21. The predicted molar refractivity (Wildman–Crippen MR) is 137 cm³/mol. The smallest absolute Gasteiger partial charge is 0.408 e. The molecule has 9 nitrogen and oxygen atoms in total. The summed E-state index contributed by atoms with van der Waals surface area (Å²) in [6.45, 7) is 9.14. The first-order valence-corrected chi connectivity index (χ1v) is 13.0. The van der Waals surface area contributed by atoms with Gasteiger partial charge in [0.1, 0.15) is 17.7 Å². The number of likely N-dealkylation sites (N-methyl/N-ethyl adjacent to an activating group) is 1. The first-order valence-electron chi connectivity index (χ1n) is 11.6. The fourth-order valence-corrected chi connectivity index (χ4v) is 3.82. The van der Waals surface area contributed by atoms with Crippen LogP contribution in [0, 0.1) is 6.92 Å². The molecule has 0 radical (unpaired) electrons. The number of alkyl carbamates (subject to hydrolysis) is 1. The van der Waals surface area contributed by atoms with Gasteiger partial charge < -0.3 is 25.0 Å². The summed E-state index contributed by atoms with van der Waals surface area (Å²) in [7, 11) is 1.53. The summed E-state index contributed by atoms with van der Waals surface area (Å²) < 4.78 is 10.2. The Labute approximate surface area is 212 Å². The molecule has 0 aromatic heterocycles. The normalized spacial score (nSPS) is 12.8. The number of amides is 3. The van der Waals surface area contributed by atoms with Crippen LogP contribution >= 0.6 is 11.8 Å². The van der Waals surface area contributed by atoms with Crippen molar-refractivity contribution in [1.29, 1.82) is 0 Å². The molecule has 2 atom stereocenters. The standard InChI is InChI=1S/C25H39N3O6S/c1-8-33-20(29)13-15-26-22(30)21(18-12-10-9-11-17(18)2)28(6)23(31)19(14-16-35-7)27-24(32)34-25(3,4)5/h9-12,19,21H,8,13-16H2,1-7H3,(H,26,30)(H,27,32). The molecule has 0 bridgehead atoms. The number of thioether (sulfide) groups is 1. The molecule has 0 aliphatic heterocycles. The second-order valence-electron chi connectivity index (χ2n) is 9.03. The number of rotatable bonds is 12. The van der Waals surface area contributed by atoms with Crippen LogP contribution in [0.1, 0.15) is 57.7 Å². The third kappa shape index (κ3) is 10.6. The second-order valence-corrected chi connectivity index (χ2v) is 10.0. The van der Waals surface area contributed by atoms with Gasteiger partial charge in [0, 0.05) is 13.6 Å². The molecule has 35 heavy (non-hydrogen) atoms. The molecule has 2 N–H and O–H groups in total. The summed E-state index contributed by atoms with van der Waals surface area (Å²) >= 11 is 1.54. The van der Waals surface area contributed by atoms with E-state index in [9.17, 15) is 19.2 Å². The van der Waals surface area contributed by atoms with Crippen LogP contribution in [0.5, 0.6) is 0 Å². The second kappa shape index (κ2) is 14.6. The van der Waals surface area contributed by atoms with Gasteiger partial charge >= 0.3 is 12.1 Å². The molecule has 2 unspecified atom stereocenters. The summed E-state index contributed by atoms with van der Waals surface area (Å²) in [4.78, 5) is 52.2. The maximum absolute atomic E-state index is 13.5. The van der Waals surface area contributed by atoms with Crippen LogP contribution in [0.2, 0.25) is 0 Å². The van der Waals surface area contributed by atoms with Crippen molar-refractivity contribution in [1.82, 2.24) is 15.5 Å². The Hall–Kier alpha value is -2.75. The van der Waals surface area contributed by atoms with E-state index in [1.165, 1.54) is 11.9 Å². The lowest BCUT2D eigenvalue weighted by atomic mass is 9.98. The molecule has 1 aromatic carbocycles. The first kappa shape index (κ1) is 30.3. The van der Waals surface area contributed by atoms with Gasteiger partial charge in [-0.1, -0.05) is 24.3 Å². The highest BCUT2D eigenvalue weighted by Gasteiger charge is 2.34. The summed E-state index contributed by atoms with van der Waals surface area (Å²) in [5.41, 5.74) is 0.766. The number of ether oxygens (including phenoxy) is 2. The Balaban J connectivity index is 3.15. The molecule has 0 spiro atoms. The van der Waals surface area contributed by atoms with E-state index in [0.29, 0.717) is 17.7 Å². The lowest BCUT2D eigenvalue weighted by Gasteiger charge is -2.32. The lowest BCUT2D eigenvalue weighted by molar-refractivity contribution is -0.143. The van der Waals surface area contributed by atoms with E-state index in [1.54, 1.807) is 51.6 Å². The summed E-state index contributed by atoms with van der Waals surface area (Å²) in [5.74, 6) is -0.636. The van der Waals surface area contributed by atoms with Gasteiger partial charge in [0.15, 0.2) is 0 Å². The molecule has 0 aliphatic rings. The molecule has 0 saturated heterocycles. The zero-order valence-corrected chi connectivity index (χ0v) is 22.6. The Kier molecular flexibility index (Phi) is 12.6. The van der Waals surface area contributed by atoms with Gasteiger partial charge in [0.25, 0.3) is 0 Å². The van der Waals surface area contributed by atoms with E-state index in [2.05, 4.69) is 10.6 Å². The minimum absolute atomic E-state index is 0.0221.